The van der Waals surface area contributed by atoms with Gasteiger partial charge in [-0.15, -0.1) is 0 Å². The molecule has 1 atom stereocenters. The molecule has 0 N–H and O–H groups in total. The van der Waals surface area contributed by atoms with Crippen molar-refractivity contribution in [1.29, 1.82) is 0 Å². The first-order valence-electron chi connectivity index (χ1n) is 8.02. The quantitative estimate of drug-likeness (QED) is 0.800. The zero-order chi connectivity index (χ0) is 17.1. The first-order chi connectivity index (χ1) is 10.8. The highest BCUT2D eigenvalue weighted by Crippen LogP contribution is 2.17. The molecule has 0 spiro atoms. The van der Waals surface area contributed by atoms with Crippen molar-refractivity contribution >= 4 is 17.6 Å². The molecule has 0 radical (unpaired) electrons. The molecule has 0 aromatic heterocycles. The summed E-state index contributed by atoms with van der Waals surface area (Å²) in [5, 5.41) is 0. The topological polar surface area (TPSA) is 57.7 Å². The van der Waals surface area contributed by atoms with Crippen LogP contribution in [0.25, 0.3) is 0 Å². The van der Waals surface area contributed by atoms with E-state index in [9.17, 15) is 14.4 Å². The van der Waals surface area contributed by atoms with Crippen LogP contribution in [0.5, 0.6) is 0 Å². The third-order valence-corrected chi connectivity index (χ3v) is 4.11. The Kier molecular flexibility index (Phi) is 5.19. The molecular formula is C18H24N2O3. The van der Waals surface area contributed by atoms with E-state index < -0.39 is 6.04 Å². The van der Waals surface area contributed by atoms with Crippen LogP contribution in [-0.4, -0.2) is 53.1 Å². The number of carbonyl (C=O) groups excluding carboxylic acids is 3. The van der Waals surface area contributed by atoms with E-state index in [0.717, 1.165) is 0 Å². The minimum Gasteiger partial charge on any atom is -0.339 e. The predicted octanol–water partition coefficient (Wildman–Crippen LogP) is 2.22. The van der Waals surface area contributed by atoms with Crippen LogP contribution in [0, 0.1) is 5.92 Å². The van der Waals surface area contributed by atoms with Gasteiger partial charge in [-0.2, -0.15) is 0 Å². The molecule has 23 heavy (non-hydrogen) atoms. The average molecular weight is 316 g/mol. The van der Waals surface area contributed by atoms with E-state index >= 15 is 0 Å². The van der Waals surface area contributed by atoms with E-state index in [2.05, 4.69) is 13.8 Å². The van der Waals surface area contributed by atoms with Crippen LogP contribution < -0.4 is 0 Å². The van der Waals surface area contributed by atoms with E-state index in [1.165, 1.54) is 6.92 Å². The lowest BCUT2D eigenvalue weighted by molar-refractivity contribution is -0.140. The minimum atomic E-state index is -0.476. The van der Waals surface area contributed by atoms with Gasteiger partial charge in [0.2, 0.25) is 5.91 Å². The van der Waals surface area contributed by atoms with Gasteiger partial charge < -0.3 is 9.80 Å². The van der Waals surface area contributed by atoms with Crippen LogP contribution in [0.1, 0.15) is 48.4 Å². The summed E-state index contributed by atoms with van der Waals surface area (Å²) in [5.74, 6) is 0.116. The fourth-order valence-electron chi connectivity index (χ4n) is 2.87. The van der Waals surface area contributed by atoms with Gasteiger partial charge in [-0.25, -0.2) is 0 Å². The highest BCUT2D eigenvalue weighted by atomic mass is 16.2. The zero-order valence-corrected chi connectivity index (χ0v) is 14.2. The van der Waals surface area contributed by atoms with Crippen LogP contribution in [0.15, 0.2) is 24.3 Å². The molecule has 0 aliphatic carbocycles. The number of nitrogens with zero attached hydrogens (tertiary/aromatic N) is 2. The lowest BCUT2D eigenvalue weighted by Gasteiger charge is -2.39. The van der Waals surface area contributed by atoms with E-state index in [1.54, 1.807) is 36.1 Å². The summed E-state index contributed by atoms with van der Waals surface area (Å²) < 4.78 is 0. The minimum absolute atomic E-state index is 0.0129. The number of piperazine rings is 1. The molecule has 5 nitrogen and oxygen atoms in total. The van der Waals surface area contributed by atoms with Crippen molar-refractivity contribution in [2.75, 3.05) is 19.6 Å². The Balaban J connectivity index is 2.16. The van der Waals surface area contributed by atoms with E-state index in [-0.39, 0.29) is 17.6 Å². The second-order valence-corrected chi connectivity index (χ2v) is 6.49. The predicted molar refractivity (Wildman–Crippen MR) is 88.4 cm³/mol. The van der Waals surface area contributed by atoms with E-state index in [4.69, 9.17) is 0 Å². The monoisotopic (exact) mass is 316 g/mol. The lowest BCUT2D eigenvalue weighted by Crippen LogP contribution is -2.58. The Bertz CT molecular complexity index is 624. The molecule has 2 rings (SSSR count). The van der Waals surface area contributed by atoms with Crippen molar-refractivity contribution in [3.05, 3.63) is 35.4 Å². The van der Waals surface area contributed by atoms with Gasteiger partial charge in [0.15, 0.2) is 5.78 Å². The zero-order valence-electron chi connectivity index (χ0n) is 14.2. The second-order valence-electron chi connectivity index (χ2n) is 6.49. The number of benzene rings is 1. The van der Waals surface area contributed by atoms with Crippen LogP contribution in [-0.2, 0) is 4.79 Å². The van der Waals surface area contributed by atoms with E-state index in [1.807, 2.05) is 4.90 Å². The summed E-state index contributed by atoms with van der Waals surface area (Å²) in [6.07, 6.45) is 0. The maximum atomic E-state index is 12.7. The fraction of sp³-hybridized carbons (Fsp3) is 0.500. The lowest BCUT2D eigenvalue weighted by atomic mass is 10.0. The Morgan fingerprint density at radius 3 is 2.48 bits per heavy atom. The first kappa shape index (κ1) is 17.2. The number of Topliss-reactive ketones (excluding diaryl/α,β-unsaturated/α-hetero) is 1. The molecule has 1 aromatic carbocycles. The first-order valence-corrected chi connectivity index (χ1v) is 8.02. The molecule has 0 bridgehead atoms. The molecule has 5 heteroatoms. The standard InChI is InChI=1S/C18H24N2O3/c1-12(2)11-19-8-9-20(13(3)17(19)22)18(23)16-7-5-6-15(10-16)14(4)21/h5-7,10,12-13H,8-9,11H2,1-4H3. The van der Waals surface area contributed by atoms with Gasteiger partial charge >= 0.3 is 0 Å². The van der Waals surface area contributed by atoms with Gasteiger partial charge in [-0.3, -0.25) is 14.4 Å². The van der Waals surface area contributed by atoms with Crippen LogP contribution in [0.4, 0.5) is 0 Å². The molecule has 1 aliphatic heterocycles. The highest BCUT2D eigenvalue weighted by molar-refractivity contribution is 6.01. The van der Waals surface area contributed by atoms with Gasteiger partial charge in [0.25, 0.3) is 5.91 Å². The van der Waals surface area contributed by atoms with Crippen molar-refractivity contribution in [3.63, 3.8) is 0 Å². The summed E-state index contributed by atoms with van der Waals surface area (Å²) >= 11 is 0. The van der Waals surface area contributed by atoms with E-state index in [0.29, 0.717) is 36.7 Å². The molecule has 1 aromatic rings. The van der Waals surface area contributed by atoms with Crippen molar-refractivity contribution in [2.45, 2.75) is 33.7 Å². The van der Waals surface area contributed by atoms with Gasteiger partial charge in [0, 0.05) is 30.8 Å². The molecule has 0 saturated carbocycles. The van der Waals surface area contributed by atoms with Crippen molar-refractivity contribution in [1.82, 2.24) is 9.80 Å². The second kappa shape index (κ2) is 6.94. The average Bonchev–Trinajstić information content (AvgIpc) is 2.51. The fourth-order valence-corrected chi connectivity index (χ4v) is 2.87. The van der Waals surface area contributed by atoms with Crippen LogP contribution in [0.2, 0.25) is 0 Å². The van der Waals surface area contributed by atoms with Crippen LogP contribution in [0.3, 0.4) is 0 Å². The number of hydrogen-bond acceptors (Lipinski definition) is 3. The third kappa shape index (κ3) is 3.78. The number of carbonyl (C=O) groups is 3. The molecule has 1 heterocycles. The molecule has 1 unspecified atom stereocenters. The maximum Gasteiger partial charge on any atom is 0.254 e. The summed E-state index contributed by atoms with van der Waals surface area (Å²) in [6, 6.07) is 6.20. The maximum absolute atomic E-state index is 12.7. The smallest absolute Gasteiger partial charge is 0.254 e. The molecule has 2 amide bonds. The molecule has 1 saturated heterocycles. The Morgan fingerprint density at radius 2 is 1.87 bits per heavy atom. The molecule has 124 valence electrons. The normalized spacial score (nSPS) is 18.5. The molecule has 1 aliphatic rings. The Morgan fingerprint density at radius 1 is 1.22 bits per heavy atom. The van der Waals surface area contributed by atoms with Crippen molar-refractivity contribution in [3.8, 4) is 0 Å². The van der Waals surface area contributed by atoms with Gasteiger partial charge in [-0.1, -0.05) is 26.0 Å². The Labute approximate surface area is 137 Å². The molecular weight excluding hydrogens is 292 g/mol. The van der Waals surface area contributed by atoms with Gasteiger partial charge in [0.05, 0.1) is 0 Å². The number of ketones is 1. The number of rotatable bonds is 4. The van der Waals surface area contributed by atoms with Crippen molar-refractivity contribution in [2.24, 2.45) is 5.92 Å². The number of hydrogen-bond donors (Lipinski definition) is 0. The SMILES string of the molecule is CC(=O)c1cccc(C(=O)N2CCN(CC(C)C)C(=O)C2C)c1. The third-order valence-electron chi connectivity index (χ3n) is 4.11. The highest BCUT2D eigenvalue weighted by Gasteiger charge is 2.34. The van der Waals surface area contributed by atoms with Gasteiger partial charge in [-0.05, 0) is 31.9 Å². The number of amides is 2. The largest absolute Gasteiger partial charge is 0.339 e. The molecule has 1 fully saturated rings. The van der Waals surface area contributed by atoms with Crippen LogP contribution >= 0.6 is 0 Å². The Hall–Kier alpha value is -2.17. The summed E-state index contributed by atoms with van der Waals surface area (Å²) in [6.45, 7) is 9.17. The summed E-state index contributed by atoms with van der Waals surface area (Å²) in [5.41, 5.74) is 0.961. The summed E-state index contributed by atoms with van der Waals surface area (Å²) in [7, 11) is 0. The van der Waals surface area contributed by atoms with Gasteiger partial charge in [0.1, 0.15) is 6.04 Å². The van der Waals surface area contributed by atoms with Crippen molar-refractivity contribution < 1.29 is 14.4 Å². The summed E-state index contributed by atoms with van der Waals surface area (Å²) in [4.78, 5) is 40.1.